The van der Waals surface area contributed by atoms with E-state index in [2.05, 4.69) is 4.90 Å². The summed E-state index contributed by atoms with van der Waals surface area (Å²) >= 11 is 7.56. The molecule has 1 aromatic heterocycles. The first-order valence-corrected chi connectivity index (χ1v) is 10.1. The van der Waals surface area contributed by atoms with Crippen LogP contribution in [0.1, 0.15) is 16.8 Å². The molecule has 1 aliphatic rings. The SMILES string of the molecule is CN(C)CCCN(C(=O)c1cccc(Cl)c1)c1nc2cc3c(cc2s1)OCO3. The van der Waals surface area contributed by atoms with Gasteiger partial charge in [-0.15, -0.1) is 0 Å². The van der Waals surface area contributed by atoms with E-state index in [1.807, 2.05) is 26.2 Å². The molecular formula is C20H20ClN3O3S. The summed E-state index contributed by atoms with van der Waals surface area (Å²) in [5, 5.41) is 1.19. The van der Waals surface area contributed by atoms with Gasteiger partial charge in [0.2, 0.25) is 6.79 Å². The van der Waals surface area contributed by atoms with E-state index in [1.54, 1.807) is 29.2 Å². The quantitative estimate of drug-likeness (QED) is 0.599. The Labute approximate surface area is 172 Å². The van der Waals surface area contributed by atoms with Crippen LogP contribution in [0, 0.1) is 0 Å². The highest BCUT2D eigenvalue weighted by atomic mass is 35.5. The van der Waals surface area contributed by atoms with Crippen molar-refractivity contribution >= 4 is 44.2 Å². The first-order chi connectivity index (χ1) is 13.5. The highest BCUT2D eigenvalue weighted by molar-refractivity contribution is 7.22. The number of amides is 1. The fourth-order valence-electron chi connectivity index (χ4n) is 3.03. The number of benzene rings is 2. The summed E-state index contributed by atoms with van der Waals surface area (Å²) < 4.78 is 11.8. The Morgan fingerprint density at radius 3 is 2.71 bits per heavy atom. The lowest BCUT2D eigenvalue weighted by Gasteiger charge is -2.21. The standard InChI is InChI=1S/C20H20ClN3O3S/c1-23(2)7-4-8-24(19(25)13-5-3-6-14(21)9-13)20-22-15-10-16-17(27-12-26-16)11-18(15)28-20/h3,5-6,9-11H,4,7-8,12H2,1-2H3. The Morgan fingerprint density at radius 2 is 1.96 bits per heavy atom. The molecule has 0 atom stereocenters. The van der Waals surface area contributed by atoms with E-state index in [4.69, 9.17) is 26.1 Å². The van der Waals surface area contributed by atoms with E-state index in [1.165, 1.54) is 11.3 Å². The van der Waals surface area contributed by atoms with Gasteiger partial charge >= 0.3 is 0 Å². The Bertz CT molecular complexity index is 980. The van der Waals surface area contributed by atoms with Crippen LogP contribution in [-0.4, -0.2) is 49.8 Å². The lowest BCUT2D eigenvalue weighted by atomic mass is 10.2. The van der Waals surface area contributed by atoms with Crippen molar-refractivity contribution in [3.05, 3.63) is 47.0 Å². The van der Waals surface area contributed by atoms with Crippen molar-refractivity contribution in [2.24, 2.45) is 0 Å². The second-order valence-corrected chi connectivity index (χ2v) is 8.24. The highest BCUT2D eigenvalue weighted by Crippen LogP contribution is 2.40. The Balaban J connectivity index is 1.68. The lowest BCUT2D eigenvalue weighted by Crippen LogP contribution is -2.33. The molecule has 0 saturated carbocycles. The minimum Gasteiger partial charge on any atom is -0.454 e. The average Bonchev–Trinajstić information content (AvgIpc) is 3.28. The van der Waals surface area contributed by atoms with Crippen molar-refractivity contribution in [3.63, 3.8) is 0 Å². The molecule has 146 valence electrons. The van der Waals surface area contributed by atoms with Crippen LogP contribution in [0.3, 0.4) is 0 Å². The molecule has 0 saturated heterocycles. The number of ether oxygens (including phenoxy) is 2. The monoisotopic (exact) mass is 417 g/mol. The number of thiazole rings is 1. The van der Waals surface area contributed by atoms with Crippen LogP contribution < -0.4 is 14.4 Å². The molecule has 2 aromatic carbocycles. The van der Waals surface area contributed by atoms with E-state index in [0.717, 1.165) is 23.2 Å². The van der Waals surface area contributed by atoms with E-state index in [-0.39, 0.29) is 12.7 Å². The van der Waals surface area contributed by atoms with Crippen molar-refractivity contribution in [2.75, 3.05) is 38.9 Å². The molecule has 0 spiro atoms. The van der Waals surface area contributed by atoms with Crippen molar-refractivity contribution in [2.45, 2.75) is 6.42 Å². The van der Waals surface area contributed by atoms with Crippen molar-refractivity contribution in [1.82, 2.24) is 9.88 Å². The fraction of sp³-hybridized carbons (Fsp3) is 0.300. The molecule has 6 nitrogen and oxygen atoms in total. The summed E-state index contributed by atoms with van der Waals surface area (Å²) in [6.07, 6.45) is 0.831. The normalized spacial score (nSPS) is 12.7. The Kier molecular flexibility index (Phi) is 5.39. The van der Waals surface area contributed by atoms with Crippen LogP contribution in [0.15, 0.2) is 36.4 Å². The van der Waals surface area contributed by atoms with Crippen molar-refractivity contribution in [1.29, 1.82) is 0 Å². The number of halogens is 1. The molecule has 0 fully saturated rings. The number of carbonyl (C=O) groups excluding carboxylic acids is 1. The number of carbonyl (C=O) groups is 1. The van der Waals surface area contributed by atoms with Gasteiger partial charge in [-0.25, -0.2) is 4.98 Å². The zero-order chi connectivity index (χ0) is 19.7. The number of anilines is 1. The van der Waals surface area contributed by atoms with Gasteiger partial charge in [-0.3, -0.25) is 9.69 Å². The predicted molar refractivity (Wildman–Crippen MR) is 112 cm³/mol. The zero-order valence-corrected chi connectivity index (χ0v) is 17.2. The van der Waals surface area contributed by atoms with Crippen molar-refractivity contribution in [3.8, 4) is 11.5 Å². The average molecular weight is 418 g/mol. The first-order valence-electron chi connectivity index (χ1n) is 8.93. The molecule has 2 heterocycles. The fourth-order valence-corrected chi connectivity index (χ4v) is 4.22. The summed E-state index contributed by atoms with van der Waals surface area (Å²) in [4.78, 5) is 21.7. The second kappa shape index (κ2) is 7.95. The molecule has 8 heteroatoms. The van der Waals surface area contributed by atoms with E-state index < -0.39 is 0 Å². The molecule has 3 aromatic rings. The number of hydrogen-bond acceptors (Lipinski definition) is 6. The third-order valence-corrected chi connectivity index (χ3v) is 5.68. The molecule has 0 aliphatic carbocycles. The minimum absolute atomic E-state index is 0.111. The zero-order valence-electron chi connectivity index (χ0n) is 15.6. The molecular weight excluding hydrogens is 398 g/mol. The smallest absolute Gasteiger partial charge is 0.260 e. The van der Waals surface area contributed by atoms with Gasteiger partial charge in [-0.1, -0.05) is 29.0 Å². The maximum absolute atomic E-state index is 13.2. The molecule has 0 bridgehead atoms. The second-order valence-electron chi connectivity index (χ2n) is 6.79. The topological polar surface area (TPSA) is 54.9 Å². The van der Waals surface area contributed by atoms with Crippen LogP contribution in [0.5, 0.6) is 11.5 Å². The number of aromatic nitrogens is 1. The van der Waals surface area contributed by atoms with Gasteiger partial charge in [0, 0.05) is 29.3 Å². The Hall–Kier alpha value is -2.35. The number of hydrogen-bond donors (Lipinski definition) is 0. The van der Waals surface area contributed by atoms with E-state index in [9.17, 15) is 4.79 Å². The van der Waals surface area contributed by atoms with Crippen LogP contribution in [0.4, 0.5) is 5.13 Å². The molecule has 0 unspecified atom stereocenters. The number of nitrogens with zero attached hydrogens (tertiary/aromatic N) is 3. The largest absolute Gasteiger partial charge is 0.454 e. The Morgan fingerprint density at radius 1 is 1.18 bits per heavy atom. The van der Waals surface area contributed by atoms with Gasteiger partial charge in [0.05, 0.1) is 10.2 Å². The number of fused-ring (bicyclic) bond motifs is 2. The van der Waals surface area contributed by atoms with Gasteiger partial charge in [0.15, 0.2) is 16.6 Å². The van der Waals surface area contributed by atoms with E-state index >= 15 is 0 Å². The third kappa shape index (κ3) is 3.92. The van der Waals surface area contributed by atoms with Gasteiger partial charge in [-0.05, 0) is 45.3 Å². The maximum Gasteiger partial charge on any atom is 0.260 e. The summed E-state index contributed by atoms with van der Waals surface area (Å²) in [7, 11) is 4.03. The molecule has 1 aliphatic heterocycles. The third-order valence-electron chi connectivity index (χ3n) is 4.41. The van der Waals surface area contributed by atoms with Gasteiger partial charge in [-0.2, -0.15) is 0 Å². The van der Waals surface area contributed by atoms with Crippen LogP contribution in [0.25, 0.3) is 10.2 Å². The predicted octanol–water partition coefficient (Wildman–Crippen LogP) is 4.28. The molecule has 4 rings (SSSR count). The minimum atomic E-state index is -0.111. The van der Waals surface area contributed by atoms with E-state index in [0.29, 0.717) is 33.8 Å². The molecule has 0 N–H and O–H groups in total. The molecule has 28 heavy (non-hydrogen) atoms. The first kappa shape index (κ1) is 19.0. The summed E-state index contributed by atoms with van der Waals surface area (Å²) in [6, 6.07) is 10.8. The highest BCUT2D eigenvalue weighted by Gasteiger charge is 2.23. The van der Waals surface area contributed by atoms with Crippen LogP contribution in [0.2, 0.25) is 5.02 Å². The summed E-state index contributed by atoms with van der Waals surface area (Å²) in [5.74, 6) is 1.29. The summed E-state index contributed by atoms with van der Waals surface area (Å²) in [5.41, 5.74) is 1.34. The molecule has 0 radical (unpaired) electrons. The maximum atomic E-state index is 13.2. The van der Waals surface area contributed by atoms with Crippen LogP contribution in [-0.2, 0) is 0 Å². The summed E-state index contributed by atoms with van der Waals surface area (Å²) in [6.45, 7) is 1.67. The van der Waals surface area contributed by atoms with Crippen molar-refractivity contribution < 1.29 is 14.3 Å². The number of rotatable bonds is 6. The van der Waals surface area contributed by atoms with Gasteiger partial charge in [0.25, 0.3) is 5.91 Å². The molecule has 1 amide bonds. The lowest BCUT2D eigenvalue weighted by molar-refractivity contribution is 0.0986. The van der Waals surface area contributed by atoms with Crippen LogP contribution >= 0.6 is 22.9 Å². The van der Waals surface area contributed by atoms with Gasteiger partial charge in [0.1, 0.15) is 0 Å². The van der Waals surface area contributed by atoms with Gasteiger partial charge < -0.3 is 14.4 Å².